The van der Waals surface area contributed by atoms with Gasteiger partial charge >= 0.3 is 0 Å². The van der Waals surface area contributed by atoms with E-state index in [1.54, 1.807) is 17.5 Å². The van der Waals surface area contributed by atoms with E-state index in [0.717, 1.165) is 5.56 Å². The quantitative estimate of drug-likeness (QED) is 0.825. The molecule has 0 aliphatic heterocycles. The van der Waals surface area contributed by atoms with Crippen LogP contribution in [0.3, 0.4) is 0 Å². The maximum Gasteiger partial charge on any atom is 0.133 e. The van der Waals surface area contributed by atoms with E-state index in [9.17, 15) is 0 Å². The van der Waals surface area contributed by atoms with Crippen LogP contribution in [0.4, 0.5) is 5.69 Å². The summed E-state index contributed by atoms with van der Waals surface area (Å²) in [7, 11) is 0. The van der Waals surface area contributed by atoms with E-state index < -0.39 is 0 Å². The number of nitrogens with one attached hydrogen (secondary N) is 1. The average Bonchev–Trinajstić information content (AvgIpc) is 2.63. The zero-order valence-corrected chi connectivity index (χ0v) is 9.90. The highest BCUT2D eigenvalue weighted by Crippen LogP contribution is 2.21. The molecule has 2 aromatic heterocycles. The van der Waals surface area contributed by atoms with Crippen LogP contribution < -0.4 is 5.32 Å². The molecule has 0 fully saturated rings. The van der Waals surface area contributed by atoms with E-state index in [4.69, 9.17) is 11.6 Å². The molecule has 4 heteroatoms. The molecule has 0 bridgehead atoms. The molecular formula is C11H11ClN2S. The van der Waals surface area contributed by atoms with E-state index in [2.05, 4.69) is 28.0 Å². The number of nitrogens with zero attached hydrogens (tertiary/aromatic N) is 1. The molecule has 0 spiro atoms. The Morgan fingerprint density at radius 2 is 2.33 bits per heavy atom. The summed E-state index contributed by atoms with van der Waals surface area (Å²) in [5.41, 5.74) is 3.45. The molecular weight excluding hydrogens is 228 g/mol. The molecule has 2 rings (SSSR count). The second-order valence-electron chi connectivity index (χ2n) is 3.28. The minimum atomic E-state index is 0.567. The van der Waals surface area contributed by atoms with Crippen molar-refractivity contribution in [2.24, 2.45) is 0 Å². The van der Waals surface area contributed by atoms with Crippen LogP contribution >= 0.6 is 22.9 Å². The molecule has 2 heterocycles. The van der Waals surface area contributed by atoms with Crippen LogP contribution in [0.5, 0.6) is 0 Å². The third-order valence-electron chi connectivity index (χ3n) is 2.16. The fraction of sp³-hybridized carbons (Fsp3) is 0.182. The SMILES string of the molecule is Cc1cscc1NCc1cccnc1Cl. The van der Waals surface area contributed by atoms with Gasteiger partial charge in [0.25, 0.3) is 0 Å². The van der Waals surface area contributed by atoms with Gasteiger partial charge in [0, 0.05) is 29.4 Å². The van der Waals surface area contributed by atoms with Crippen LogP contribution in [0.2, 0.25) is 5.15 Å². The minimum absolute atomic E-state index is 0.567. The second kappa shape index (κ2) is 4.64. The number of rotatable bonds is 3. The van der Waals surface area contributed by atoms with Crippen molar-refractivity contribution < 1.29 is 0 Å². The average molecular weight is 239 g/mol. The summed E-state index contributed by atoms with van der Waals surface area (Å²) >= 11 is 7.65. The predicted octanol–water partition coefficient (Wildman–Crippen LogP) is 3.72. The van der Waals surface area contributed by atoms with E-state index in [-0.39, 0.29) is 0 Å². The number of halogens is 1. The van der Waals surface area contributed by atoms with E-state index in [0.29, 0.717) is 11.7 Å². The highest BCUT2D eigenvalue weighted by Gasteiger charge is 2.02. The molecule has 2 nitrogen and oxygen atoms in total. The molecule has 1 N–H and O–H groups in total. The van der Waals surface area contributed by atoms with Gasteiger partial charge in [-0.25, -0.2) is 4.98 Å². The maximum atomic E-state index is 5.96. The Balaban J connectivity index is 2.06. The summed E-state index contributed by atoms with van der Waals surface area (Å²) in [6, 6.07) is 3.87. The van der Waals surface area contributed by atoms with Crippen LogP contribution in [0, 0.1) is 6.92 Å². The Morgan fingerprint density at radius 1 is 1.47 bits per heavy atom. The maximum absolute atomic E-state index is 5.96. The normalized spacial score (nSPS) is 10.3. The molecule has 0 amide bonds. The number of hydrogen-bond acceptors (Lipinski definition) is 3. The first kappa shape index (κ1) is 10.5. The van der Waals surface area contributed by atoms with Gasteiger partial charge in [-0.15, -0.1) is 11.3 Å². The van der Waals surface area contributed by atoms with Gasteiger partial charge in [0.05, 0.1) is 0 Å². The van der Waals surface area contributed by atoms with Gasteiger partial charge in [-0.3, -0.25) is 0 Å². The lowest BCUT2D eigenvalue weighted by atomic mass is 10.2. The molecule has 0 saturated carbocycles. The zero-order valence-electron chi connectivity index (χ0n) is 8.33. The standard InChI is InChI=1S/C11H11ClN2S/c1-8-6-15-7-10(8)14-5-9-3-2-4-13-11(9)12/h2-4,6-7,14H,5H2,1H3. The molecule has 0 saturated heterocycles. The molecule has 0 aliphatic rings. The Hall–Kier alpha value is -1.06. The van der Waals surface area contributed by atoms with Crippen molar-refractivity contribution in [2.45, 2.75) is 13.5 Å². The summed E-state index contributed by atoms with van der Waals surface area (Å²) in [5, 5.41) is 8.12. The van der Waals surface area contributed by atoms with E-state index in [1.807, 2.05) is 12.1 Å². The molecule has 0 radical (unpaired) electrons. The molecule has 78 valence electrons. The number of hydrogen-bond donors (Lipinski definition) is 1. The molecule has 0 unspecified atom stereocenters. The molecule has 15 heavy (non-hydrogen) atoms. The van der Waals surface area contributed by atoms with Crippen molar-refractivity contribution in [1.82, 2.24) is 4.98 Å². The first-order chi connectivity index (χ1) is 7.27. The fourth-order valence-electron chi connectivity index (χ4n) is 1.28. The van der Waals surface area contributed by atoms with Crippen LogP contribution in [0.15, 0.2) is 29.1 Å². The number of aryl methyl sites for hydroxylation is 1. The van der Waals surface area contributed by atoms with Gasteiger partial charge in [-0.1, -0.05) is 17.7 Å². The van der Waals surface area contributed by atoms with Gasteiger partial charge < -0.3 is 5.32 Å². The number of aromatic nitrogens is 1. The number of thiophene rings is 1. The largest absolute Gasteiger partial charge is 0.380 e. The summed E-state index contributed by atoms with van der Waals surface area (Å²) < 4.78 is 0. The number of anilines is 1. The lowest BCUT2D eigenvalue weighted by molar-refractivity contribution is 1.11. The Kier molecular flexibility index (Phi) is 3.23. The number of pyridine rings is 1. The van der Waals surface area contributed by atoms with Crippen LogP contribution in [-0.4, -0.2) is 4.98 Å². The van der Waals surface area contributed by atoms with Gasteiger partial charge in [-0.2, -0.15) is 0 Å². The summed E-state index contributed by atoms with van der Waals surface area (Å²) in [6.07, 6.45) is 1.70. The van der Waals surface area contributed by atoms with Crippen molar-refractivity contribution in [2.75, 3.05) is 5.32 Å². The lowest BCUT2D eigenvalue weighted by Crippen LogP contribution is -2.00. The molecule has 2 aromatic rings. The smallest absolute Gasteiger partial charge is 0.133 e. The highest BCUT2D eigenvalue weighted by molar-refractivity contribution is 7.08. The van der Waals surface area contributed by atoms with Gasteiger partial charge in [0.1, 0.15) is 5.15 Å². The topological polar surface area (TPSA) is 24.9 Å². The van der Waals surface area contributed by atoms with Crippen molar-refractivity contribution >= 4 is 28.6 Å². The van der Waals surface area contributed by atoms with Crippen molar-refractivity contribution in [3.8, 4) is 0 Å². The Morgan fingerprint density at radius 3 is 3.00 bits per heavy atom. The van der Waals surface area contributed by atoms with Crippen molar-refractivity contribution in [1.29, 1.82) is 0 Å². The van der Waals surface area contributed by atoms with Gasteiger partial charge in [-0.05, 0) is 23.9 Å². The van der Waals surface area contributed by atoms with E-state index in [1.165, 1.54) is 11.3 Å². The fourth-order valence-corrected chi connectivity index (χ4v) is 2.27. The van der Waals surface area contributed by atoms with Crippen LogP contribution in [0.25, 0.3) is 0 Å². The Labute approximate surface area is 97.9 Å². The zero-order chi connectivity index (χ0) is 10.7. The first-order valence-electron chi connectivity index (χ1n) is 4.63. The monoisotopic (exact) mass is 238 g/mol. The summed E-state index contributed by atoms with van der Waals surface area (Å²) in [6.45, 7) is 2.80. The molecule has 0 aromatic carbocycles. The third-order valence-corrected chi connectivity index (χ3v) is 3.36. The van der Waals surface area contributed by atoms with Gasteiger partial charge in [0.2, 0.25) is 0 Å². The second-order valence-corrected chi connectivity index (χ2v) is 4.38. The first-order valence-corrected chi connectivity index (χ1v) is 5.95. The highest BCUT2D eigenvalue weighted by atomic mass is 35.5. The minimum Gasteiger partial charge on any atom is -0.380 e. The molecule has 0 aliphatic carbocycles. The van der Waals surface area contributed by atoms with Crippen LogP contribution in [-0.2, 0) is 6.54 Å². The van der Waals surface area contributed by atoms with Crippen LogP contribution in [0.1, 0.15) is 11.1 Å². The summed E-state index contributed by atoms with van der Waals surface area (Å²) in [4.78, 5) is 4.03. The van der Waals surface area contributed by atoms with Crippen molar-refractivity contribution in [3.63, 3.8) is 0 Å². The predicted molar refractivity (Wildman–Crippen MR) is 65.6 cm³/mol. The van der Waals surface area contributed by atoms with Crippen molar-refractivity contribution in [3.05, 3.63) is 45.4 Å². The lowest BCUT2D eigenvalue weighted by Gasteiger charge is -2.06. The van der Waals surface area contributed by atoms with Gasteiger partial charge in [0.15, 0.2) is 0 Å². The Bertz CT molecular complexity index is 453. The summed E-state index contributed by atoms with van der Waals surface area (Å²) in [5.74, 6) is 0. The third kappa shape index (κ3) is 2.49. The molecule has 0 atom stereocenters. The van der Waals surface area contributed by atoms with E-state index >= 15 is 0 Å².